The molecule has 0 atom stereocenters. The summed E-state index contributed by atoms with van der Waals surface area (Å²) in [6.45, 7) is 0.0533. The Morgan fingerprint density at radius 1 is 1.04 bits per heavy atom. The summed E-state index contributed by atoms with van der Waals surface area (Å²) in [4.78, 5) is 4.11. The van der Waals surface area contributed by atoms with Gasteiger partial charge in [0.15, 0.2) is 0 Å². The number of para-hydroxylation sites is 1. The smallest absolute Gasteiger partial charge is 0.405 e. The van der Waals surface area contributed by atoms with Crippen molar-refractivity contribution in [2.45, 2.75) is 17.4 Å². The number of rotatable bonds is 6. The molecule has 0 unspecified atom stereocenters. The molecule has 0 radical (unpaired) electrons. The zero-order chi connectivity index (χ0) is 20.8. The fraction of sp³-hybridized carbons (Fsp3) is 0.235. The number of amidine groups is 1. The SMILES string of the molecule is CN=C(CNSc1ccccc1OC(F)(F)F)Nc1cccc(C(F)(F)F)c1. The van der Waals surface area contributed by atoms with Gasteiger partial charge >= 0.3 is 12.5 Å². The van der Waals surface area contributed by atoms with Crippen molar-refractivity contribution in [3.8, 4) is 5.75 Å². The third-order valence-corrected chi connectivity index (χ3v) is 4.09. The molecule has 0 amide bonds. The lowest BCUT2D eigenvalue weighted by molar-refractivity contribution is -0.275. The van der Waals surface area contributed by atoms with Crippen LogP contribution in [0.3, 0.4) is 0 Å². The molecule has 0 aromatic heterocycles. The highest BCUT2D eigenvalue weighted by Gasteiger charge is 2.32. The van der Waals surface area contributed by atoms with Crippen LogP contribution in [0.25, 0.3) is 0 Å². The van der Waals surface area contributed by atoms with Crippen LogP contribution in [-0.2, 0) is 6.18 Å². The summed E-state index contributed by atoms with van der Waals surface area (Å²) in [5, 5.41) is 2.74. The van der Waals surface area contributed by atoms with Gasteiger partial charge < -0.3 is 10.1 Å². The Hall–Kier alpha value is -2.40. The molecule has 28 heavy (non-hydrogen) atoms. The van der Waals surface area contributed by atoms with Crippen LogP contribution in [0.4, 0.5) is 32.0 Å². The van der Waals surface area contributed by atoms with Crippen molar-refractivity contribution in [2.24, 2.45) is 4.99 Å². The Morgan fingerprint density at radius 2 is 1.75 bits per heavy atom. The maximum atomic E-state index is 12.8. The Morgan fingerprint density at radius 3 is 2.39 bits per heavy atom. The highest BCUT2D eigenvalue weighted by atomic mass is 32.2. The van der Waals surface area contributed by atoms with E-state index in [-0.39, 0.29) is 22.9 Å². The van der Waals surface area contributed by atoms with Crippen LogP contribution in [0.5, 0.6) is 5.75 Å². The van der Waals surface area contributed by atoms with E-state index in [1.54, 1.807) is 6.07 Å². The molecule has 4 nitrogen and oxygen atoms in total. The number of ether oxygens (including phenoxy) is 1. The van der Waals surface area contributed by atoms with E-state index >= 15 is 0 Å². The van der Waals surface area contributed by atoms with Crippen molar-refractivity contribution < 1.29 is 31.1 Å². The third-order valence-electron chi connectivity index (χ3n) is 3.25. The number of hydrogen-bond acceptors (Lipinski definition) is 4. The minimum absolute atomic E-state index is 0.0533. The summed E-state index contributed by atoms with van der Waals surface area (Å²) in [5.41, 5.74) is -0.628. The molecule has 0 aliphatic heterocycles. The van der Waals surface area contributed by atoms with Gasteiger partial charge in [-0.05, 0) is 42.3 Å². The molecule has 0 saturated carbocycles. The van der Waals surface area contributed by atoms with Crippen molar-refractivity contribution in [1.29, 1.82) is 0 Å². The van der Waals surface area contributed by atoms with Gasteiger partial charge in [0.1, 0.15) is 11.6 Å². The van der Waals surface area contributed by atoms with E-state index < -0.39 is 18.1 Å². The van der Waals surface area contributed by atoms with Crippen molar-refractivity contribution >= 4 is 23.5 Å². The number of aliphatic imine (C=N–C) groups is 1. The minimum Gasteiger partial charge on any atom is -0.405 e. The van der Waals surface area contributed by atoms with E-state index in [9.17, 15) is 26.3 Å². The van der Waals surface area contributed by atoms with Crippen LogP contribution in [0.15, 0.2) is 58.4 Å². The highest BCUT2D eigenvalue weighted by Crippen LogP contribution is 2.32. The van der Waals surface area contributed by atoms with E-state index in [1.165, 1.54) is 37.4 Å². The molecule has 0 aliphatic rings. The maximum Gasteiger partial charge on any atom is 0.573 e. The Labute approximate surface area is 161 Å². The van der Waals surface area contributed by atoms with E-state index in [0.29, 0.717) is 5.84 Å². The van der Waals surface area contributed by atoms with Gasteiger partial charge in [-0.1, -0.05) is 18.2 Å². The van der Waals surface area contributed by atoms with Gasteiger partial charge in [-0.25, -0.2) is 0 Å². The van der Waals surface area contributed by atoms with Crippen molar-refractivity contribution in [3.63, 3.8) is 0 Å². The topological polar surface area (TPSA) is 45.7 Å². The van der Waals surface area contributed by atoms with Crippen LogP contribution in [-0.4, -0.2) is 25.8 Å². The average molecular weight is 423 g/mol. The molecule has 0 spiro atoms. The molecule has 0 saturated heterocycles. The maximum absolute atomic E-state index is 12.8. The Balaban J connectivity index is 1.97. The second-order valence-electron chi connectivity index (χ2n) is 5.29. The molecule has 2 aromatic rings. The second-order valence-corrected chi connectivity index (χ2v) is 6.22. The Bertz CT molecular complexity index is 823. The summed E-state index contributed by atoms with van der Waals surface area (Å²) < 4.78 is 82.3. The lowest BCUT2D eigenvalue weighted by Crippen LogP contribution is -2.24. The second kappa shape index (κ2) is 9.20. The first-order chi connectivity index (χ1) is 13.1. The first-order valence-corrected chi connectivity index (χ1v) is 8.54. The predicted molar refractivity (Wildman–Crippen MR) is 95.4 cm³/mol. The van der Waals surface area contributed by atoms with Crippen LogP contribution < -0.4 is 14.8 Å². The first kappa shape index (κ1) is 21.9. The molecule has 0 aliphatic carbocycles. The van der Waals surface area contributed by atoms with Crippen LogP contribution in [0.1, 0.15) is 5.56 Å². The minimum atomic E-state index is -4.82. The molecule has 0 bridgehead atoms. The number of nitrogens with one attached hydrogen (secondary N) is 2. The summed E-state index contributed by atoms with van der Waals surface area (Å²) >= 11 is 0.874. The molecule has 0 fully saturated rings. The largest absolute Gasteiger partial charge is 0.573 e. The van der Waals surface area contributed by atoms with Crippen molar-refractivity contribution in [2.75, 3.05) is 18.9 Å². The van der Waals surface area contributed by atoms with E-state index in [0.717, 1.165) is 24.1 Å². The molecule has 0 heterocycles. The van der Waals surface area contributed by atoms with E-state index in [1.807, 2.05) is 0 Å². The van der Waals surface area contributed by atoms with E-state index in [2.05, 4.69) is 19.8 Å². The van der Waals surface area contributed by atoms with Gasteiger partial charge in [0.25, 0.3) is 0 Å². The van der Waals surface area contributed by atoms with Crippen LogP contribution in [0.2, 0.25) is 0 Å². The number of nitrogens with zero attached hydrogens (tertiary/aromatic N) is 1. The zero-order valence-electron chi connectivity index (χ0n) is 14.4. The fourth-order valence-corrected chi connectivity index (χ4v) is 2.77. The van der Waals surface area contributed by atoms with Gasteiger partial charge in [-0.3, -0.25) is 9.71 Å². The van der Waals surface area contributed by atoms with E-state index in [4.69, 9.17) is 0 Å². The lowest BCUT2D eigenvalue weighted by atomic mass is 10.2. The van der Waals surface area contributed by atoms with Gasteiger partial charge in [0.2, 0.25) is 0 Å². The standard InChI is InChI=1S/C17H15F6N3OS/c1-24-15(26-12-6-4-5-11(9-12)16(18,19)20)10-25-28-14-8-3-2-7-13(14)27-17(21,22)23/h2-9,25H,10H2,1H3,(H,24,26). The highest BCUT2D eigenvalue weighted by molar-refractivity contribution is 7.97. The number of alkyl halides is 6. The molecule has 11 heteroatoms. The molecule has 2 rings (SSSR count). The van der Waals surface area contributed by atoms with Crippen LogP contribution >= 0.6 is 11.9 Å². The summed E-state index contributed by atoms with van der Waals surface area (Å²) in [6, 6.07) is 10.1. The van der Waals surface area contributed by atoms with Crippen LogP contribution in [0, 0.1) is 0 Å². The average Bonchev–Trinajstić information content (AvgIpc) is 2.60. The quantitative estimate of drug-likeness (QED) is 0.285. The lowest BCUT2D eigenvalue weighted by Gasteiger charge is -2.14. The summed E-state index contributed by atoms with van der Waals surface area (Å²) in [6.07, 6.45) is -9.30. The monoisotopic (exact) mass is 423 g/mol. The summed E-state index contributed by atoms with van der Waals surface area (Å²) in [7, 11) is 1.43. The number of hydrogen-bond donors (Lipinski definition) is 2. The molecular weight excluding hydrogens is 408 g/mol. The molecule has 2 aromatic carbocycles. The number of halogens is 6. The van der Waals surface area contributed by atoms with Gasteiger partial charge in [0, 0.05) is 12.7 Å². The normalized spacial score (nSPS) is 12.8. The molecule has 152 valence electrons. The van der Waals surface area contributed by atoms with Gasteiger partial charge in [0.05, 0.1) is 17.0 Å². The molecule has 2 N–H and O–H groups in total. The first-order valence-electron chi connectivity index (χ1n) is 7.73. The Kier molecular flexibility index (Phi) is 7.19. The number of anilines is 1. The molecular formula is C17H15F6N3OS. The third kappa shape index (κ3) is 6.97. The van der Waals surface area contributed by atoms with Gasteiger partial charge in [-0.15, -0.1) is 13.2 Å². The number of benzene rings is 2. The predicted octanol–water partition coefficient (Wildman–Crippen LogP) is 5.34. The van der Waals surface area contributed by atoms with Crippen molar-refractivity contribution in [3.05, 3.63) is 54.1 Å². The zero-order valence-corrected chi connectivity index (χ0v) is 15.2. The summed E-state index contributed by atoms with van der Waals surface area (Å²) in [5.74, 6) is -0.0747. The van der Waals surface area contributed by atoms with Gasteiger partial charge in [-0.2, -0.15) is 13.2 Å². The fourth-order valence-electron chi connectivity index (χ4n) is 2.04. The van der Waals surface area contributed by atoms with Crippen molar-refractivity contribution in [1.82, 2.24) is 4.72 Å².